The Bertz CT molecular complexity index is 935. The van der Waals surface area contributed by atoms with E-state index in [1.165, 1.54) is 4.88 Å². The van der Waals surface area contributed by atoms with Gasteiger partial charge in [-0.2, -0.15) is 0 Å². The summed E-state index contributed by atoms with van der Waals surface area (Å²) in [6.45, 7) is 6.52. The molecule has 7 heteroatoms. The molecule has 0 aliphatic heterocycles. The summed E-state index contributed by atoms with van der Waals surface area (Å²) in [4.78, 5) is 23.4. The molecule has 142 valence electrons. The normalized spacial score (nSPS) is 12.1. The van der Waals surface area contributed by atoms with E-state index in [9.17, 15) is 9.90 Å². The van der Waals surface area contributed by atoms with Crippen molar-refractivity contribution in [1.82, 2.24) is 15.3 Å². The first-order chi connectivity index (χ1) is 13.0. The number of aliphatic hydroxyl groups is 1. The maximum atomic E-state index is 12.0. The molecular formula is C20H24N4O2S. The van der Waals surface area contributed by atoms with E-state index >= 15 is 0 Å². The van der Waals surface area contributed by atoms with Gasteiger partial charge >= 0.3 is 0 Å². The largest absolute Gasteiger partial charge is 0.392 e. The molecule has 1 amide bonds. The molecular weight excluding hydrogens is 360 g/mol. The number of fused-ring (bicyclic) bond motifs is 1. The summed E-state index contributed by atoms with van der Waals surface area (Å²) in [6.07, 6.45) is 0.425. The van der Waals surface area contributed by atoms with Crippen molar-refractivity contribution in [3.8, 4) is 0 Å². The molecule has 0 saturated carbocycles. The number of carbonyl (C=O) groups excluding carboxylic acids is 1. The summed E-state index contributed by atoms with van der Waals surface area (Å²) in [6, 6.07) is 9.56. The van der Waals surface area contributed by atoms with Crippen molar-refractivity contribution >= 4 is 33.3 Å². The lowest BCUT2D eigenvalue weighted by atomic mass is 10.1. The lowest BCUT2D eigenvalue weighted by Gasteiger charge is -2.09. The highest BCUT2D eigenvalue weighted by Crippen LogP contribution is 2.29. The van der Waals surface area contributed by atoms with Crippen molar-refractivity contribution in [2.24, 2.45) is 0 Å². The van der Waals surface area contributed by atoms with Crippen LogP contribution in [0.3, 0.4) is 0 Å². The van der Waals surface area contributed by atoms with Crippen molar-refractivity contribution in [3.05, 3.63) is 52.2 Å². The van der Waals surface area contributed by atoms with Crippen molar-refractivity contribution in [3.63, 3.8) is 0 Å². The SMILES string of the molecule is CCc1cc2c(NCc3ccc(C(=O)NCC(C)O)cc3)nc(C)nc2s1. The lowest BCUT2D eigenvalue weighted by molar-refractivity contribution is 0.0924. The summed E-state index contributed by atoms with van der Waals surface area (Å²) < 4.78 is 0. The average Bonchev–Trinajstić information content (AvgIpc) is 3.07. The fourth-order valence-electron chi connectivity index (χ4n) is 2.69. The Morgan fingerprint density at radius 3 is 2.67 bits per heavy atom. The van der Waals surface area contributed by atoms with Crippen LogP contribution in [0.5, 0.6) is 0 Å². The third kappa shape index (κ3) is 4.81. The number of hydrogen-bond acceptors (Lipinski definition) is 6. The minimum atomic E-state index is -0.559. The maximum Gasteiger partial charge on any atom is 0.251 e. The fraction of sp³-hybridized carbons (Fsp3) is 0.350. The number of rotatable bonds is 7. The predicted molar refractivity (Wildman–Crippen MR) is 109 cm³/mol. The number of aliphatic hydroxyl groups excluding tert-OH is 1. The Hall–Kier alpha value is -2.51. The first-order valence-corrected chi connectivity index (χ1v) is 9.84. The Kier molecular flexibility index (Phi) is 6.03. The highest BCUT2D eigenvalue weighted by Gasteiger charge is 2.10. The number of benzene rings is 1. The summed E-state index contributed by atoms with van der Waals surface area (Å²) in [5.41, 5.74) is 1.63. The molecule has 1 unspecified atom stereocenters. The van der Waals surface area contributed by atoms with Crippen LogP contribution < -0.4 is 10.6 Å². The highest BCUT2D eigenvalue weighted by atomic mass is 32.1. The van der Waals surface area contributed by atoms with E-state index in [0.717, 1.165) is 33.8 Å². The van der Waals surface area contributed by atoms with Gasteiger partial charge in [-0.15, -0.1) is 11.3 Å². The number of carbonyl (C=O) groups is 1. The number of hydrogen-bond donors (Lipinski definition) is 3. The topological polar surface area (TPSA) is 87.1 Å². The zero-order valence-electron chi connectivity index (χ0n) is 15.7. The molecule has 6 nitrogen and oxygen atoms in total. The van der Waals surface area contributed by atoms with Crippen LogP contribution in [0.25, 0.3) is 10.2 Å². The van der Waals surface area contributed by atoms with Crippen LogP contribution in [0, 0.1) is 6.92 Å². The average molecular weight is 385 g/mol. The Labute approximate surface area is 162 Å². The second-order valence-electron chi connectivity index (χ2n) is 6.51. The van der Waals surface area contributed by atoms with E-state index in [2.05, 4.69) is 33.6 Å². The van der Waals surface area contributed by atoms with E-state index in [0.29, 0.717) is 12.1 Å². The molecule has 0 fully saturated rings. The van der Waals surface area contributed by atoms with Crippen LogP contribution in [0.4, 0.5) is 5.82 Å². The van der Waals surface area contributed by atoms with Gasteiger partial charge in [-0.1, -0.05) is 19.1 Å². The van der Waals surface area contributed by atoms with Gasteiger partial charge in [-0.25, -0.2) is 9.97 Å². The van der Waals surface area contributed by atoms with Crippen LogP contribution >= 0.6 is 11.3 Å². The number of nitrogens with one attached hydrogen (secondary N) is 2. The molecule has 3 rings (SSSR count). The molecule has 2 aromatic heterocycles. The number of aryl methyl sites for hydroxylation is 2. The van der Waals surface area contributed by atoms with Gasteiger partial charge in [0.05, 0.1) is 11.5 Å². The number of nitrogens with zero attached hydrogens (tertiary/aromatic N) is 2. The Morgan fingerprint density at radius 2 is 2.00 bits per heavy atom. The van der Waals surface area contributed by atoms with Crippen molar-refractivity contribution < 1.29 is 9.90 Å². The second kappa shape index (κ2) is 8.45. The Balaban J connectivity index is 1.69. The highest BCUT2D eigenvalue weighted by molar-refractivity contribution is 7.18. The molecule has 2 heterocycles. The zero-order chi connectivity index (χ0) is 19.4. The quantitative estimate of drug-likeness (QED) is 0.582. The lowest BCUT2D eigenvalue weighted by Crippen LogP contribution is -2.30. The summed E-state index contributed by atoms with van der Waals surface area (Å²) in [5.74, 6) is 1.40. The molecule has 0 spiro atoms. The molecule has 3 aromatic rings. The van der Waals surface area contributed by atoms with Gasteiger partial charge in [0.25, 0.3) is 5.91 Å². The van der Waals surface area contributed by atoms with Crippen molar-refractivity contribution in [2.45, 2.75) is 39.8 Å². The molecule has 3 N–H and O–H groups in total. The van der Waals surface area contributed by atoms with Gasteiger partial charge in [-0.3, -0.25) is 4.79 Å². The maximum absolute atomic E-state index is 12.0. The van der Waals surface area contributed by atoms with Gasteiger partial charge in [0.15, 0.2) is 0 Å². The van der Waals surface area contributed by atoms with Gasteiger partial charge in [0.2, 0.25) is 0 Å². The molecule has 1 aromatic carbocycles. The van der Waals surface area contributed by atoms with Gasteiger partial charge < -0.3 is 15.7 Å². The summed E-state index contributed by atoms with van der Waals surface area (Å²) in [5, 5.41) is 16.4. The number of thiophene rings is 1. The smallest absolute Gasteiger partial charge is 0.251 e. The summed E-state index contributed by atoms with van der Waals surface area (Å²) in [7, 11) is 0. The molecule has 27 heavy (non-hydrogen) atoms. The predicted octanol–water partition coefficient (Wildman–Crippen LogP) is 3.28. The van der Waals surface area contributed by atoms with E-state index in [1.807, 2.05) is 19.1 Å². The van der Waals surface area contributed by atoms with Gasteiger partial charge in [-0.05, 0) is 44.0 Å². The van der Waals surface area contributed by atoms with E-state index < -0.39 is 6.10 Å². The molecule has 0 aliphatic carbocycles. The standard InChI is InChI=1S/C20H24N4O2S/c1-4-16-9-17-18(23-13(3)24-20(17)27-16)21-11-14-5-7-15(8-6-14)19(26)22-10-12(2)25/h5-9,12,25H,4,10-11H2,1-3H3,(H,22,26)(H,21,23,24). The van der Waals surface area contributed by atoms with E-state index in [1.54, 1.807) is 30.4 Å². The van der Waals surface area contributed by atoms with Gasteiger partial charge in [0.1, 0.15) is 16.5 Å². The van der Waals surface area contributed by atoms with Crippen LogP contribution in [0.15, 0.2) is 30.3 Å². The van der Waals surface area contributed by atoms with Crippen molar-refractivity contribution in [2.75, 3.05) is 11.9 Å². The molecule has 0 bridgehead atoms. The number of amides is 1. The first-order valence-electron chi connectivity index (χ1n) is 9.02. The number of aromatic nitrogens is 2. The zero-order valence-corrected chi connectivity index (χ0v) is 16.6. The Morgan fingerprint density at radius 1 is 1.26 bits per heavy atom. The second-order valence-corrected chi connectivity index (χ2v) is 7.63. The van der Waals surface area contributed by atoms with Crippen LogP contribution in [-0.4, -0.2) is 33.6 Å². The third-order valence-corrected chi connectivity index (χ3v) is 5.31. The number of anilines is 1. The minimum absolute atomic E-state index is 0.186. The van der Waals surface area contributed by atoms with Crippen LogP contribution in [0.1, 0.15) is 40.5 Å². The molecule has 1 atom stereocenters. The van der Waals surface area contributed by atoms with E-state index in [4.69, 9.17) is 0 Å². The van der Waals surface area contributed by atoms with Crippen LogP contribution in [-0.2, 0) is 13.0 Å². The van der Waals surface area contributed by atoms with Crippen LogP contribution in [0.2, 0.25) is 0 Å². The van der Waals surface area contributed by atoms with E-state index in [-0.39, 0.29) is 12.5 Å². The molecule has 0 aliphatic rings. The summed E-state index contributed by atoms with van der Waals surface area (Å²) >= 11 is 1.71. The first kappa shape index (κ1) is 19.3. The van der Waals surface area contributed by atoms with Crippen molar-refractivity contribution in [1.29, 1.82) is 0 Å². The molecule has 0 saturated heterocycles. The fourth-order valence-corrected chi connectivity index (χ4v) is 3.70. The monoisotopic (exact) mass is 384 g/mol. The molecule has 0 radical (unpaired) electrons. The minimum Gasteiger partial charge on any atom is -0.392 e. The third-order valence-electron chi connectivity index (χ3n) is 4.14. The van der Waals surface area contributed by atoms with Gasteiger partial charge in [0, 0.05) is 23.5 Å².